The van der Waals surface area contributed by atoms with Gasteiger partial charge in [0, 0.05) is 29.6 Å². The summed E-state index contributed by atoms with van der Waals surface area (Å²) in [6, 6.07) is 23.8. The SMILES string of the molecule is Cc1cccc2c(=O)n(CC(=O)NC[C@@H](c3ccccc3)c3c[nH]c4ccccc34)cnc12. The minimum atomic E-state index is -0.230. The van der Waals surface area contributed by atoms with Gasteiger partial charge in [0.05, 0.1) is 17.2 Å². The van der Waals surface area contributed by atoms with Gasteiger partial charge in [0.25, 0.3) is 5.56 Å². The molecule has 33 heavy (non-hydrogen) atoms. The summed E-state index contributed by atoms with van der Waals surface area (Å²) in [5.74, 6) is -0.257. The Morgan fingerprint density at radius 1 is 1.00 bits per heavy atom. The first-order valence-corrected chi connectivity index (χ1v) is 10.9. The zero-order valence-corrected chi connectivity index (χ0v) is 18.3. The lowest BCUT2D eigenvalue weighted by atomic mass is 9.91. The summed E-state index contributed by atoms with van der Waals surface area (Å²) in [5, 5.41) is 4.68. The molecule has 6 nitrogen and oxygen atoms in total. The number of aromatic amines is 1. The van der Waals surface area contributed by atoms with Crippen molar-refractivity contribution >= 4 is 27.7 Å². The molecule has 1 atom stereocenters. The van der Waals surface area contributed by atoms with Gasteiger partial charge in [0.15, 0.2) is 0 Å². The van der Waals surface area contributed by atoms with Crippen molar-refractivity contribution in [1.29, 1.82) is 0 Å². The van der Waals surface area contributed by atoms with Gasteiger partial charge in [-0.3, -0.25) is 14.2 Å². The number of aryl methyl sites for hydroxylation is 1. The van der Waals surface area contributed by atoms with Crippen LogP contribution in [0.2, 0.25) is 0 Å². The number of rotatable bonds is 6. The number of nitrogens with one attached hydrogen (secondary N) is 2. The summed E-state index contributed by atoms with van der Waals surface area (Å²) in [6.45, 7) is 2.25. The van der Waals surface area contributed by atoms with Crippen molar-refractivity contribution in [3.63, 3.8) is 0 Å². The number of aromatic nitrogens is 3. The third-order valence-corrected chi connectivity index (χ3v) is 6.07. The van der Waals surface area contributed by atoms with E-state index in [-0.39, 0.29) is 23.9 Å². The number of para-hydroxylation sites is 2. The maximum absolute atomic E-state index is 12.8. The molecular weight excluding hydrogens is 412 g/mol. The highest BCUT2D eigenvalue weighted by molar-refractivity contribution is 5.84. The molecule has 164 valence electrons. The van der Waals surface area contributed by atoms with Crippen molar-refractivity contribution in [2.75, 3.05) is 6.54 Å². The number of hydrogen-bond donors (Lipinski definition) is 2. The van der Waals surface area contributed by atoms with Crippen molar-refractivity contribution < 1.29 is 4.79 Å². The van der Waals surface area contributed by atoms with Gasteiger partial charge in [0.2, 0.25) is 5.91 Å². The molecule has 6 heteroatoms. The quantitative estimate of drug-likeness (QED) is 0.420. The Hall–Kier alpha value is -4.19. The van der Waals surface area contributed by atoms with E-state index in [0.29, 0.717) is 17.4 Å². The molecule has 0 fully saturated rings. The molecule has 2 heterocycles. The van der Waals surface area contributed by atoms with Gasteiger partial charge in [-0.25, -0.2) is 4.98 Å². The van der Waals surface area contributed by atoms with Crippen LogP contribution in [0.1, 0.15) is 22.6 Å². The van der Waals surface area contributed by atoms with E-state index in [4.69, 9.17) is 0 Å². The second kappa shape index (κ2) is 8.74. The first-order chi connectivity index (χ1) is 16.1. The third kappa shape index (κ3) is 4.03. The van der Waals surface area contributed by atoms with Crippen LogP contribution in [0.3, 0.4) is 0 Å². The molecule has 1 amide bonds. The lowest BCUT2D eigenvalue weighted by Gasteiger charge is -2.18. The maximum Gasteiger partial charge on any atom is 0.261 e. The molecule has 5 rings (SSSR count). The van der Waals surface area contributed by atoms with Crippen LogP contribution < -0.4 is 10.9 Å². The van der Waals surface area contributed by atoms with E-state index in [1.807, 2.05) is 61.7 Å². The molecule has 2 N–H and O–H groups in total. The second-order valence-electron chi connectivity index (χ2n) is 8.21. The van der Waals surface area contributed by atoms with Crippen molar-refractivity contribution in [1.82, 2.24) is 19.9 Å². The summed E-state index contributed by atoms with van der Waals surface area (Å²) in [5.41, 5.74) is 4.69. The van der Waals surface area contributed by atoms with Crippen LogP contribution in [0, 0.1) is 6.92 Å². The summed E-state index contributed by atoms with van der Waals surface area (Å²) in [6.07, 6.45) is 3.46. The molecule has 2 aromatic heterocycles. The van der Waals surface area contributed by atoms with Gasteiger partial charge in [-0.15, -0.1) is 0 Å². The fourth-order valence-corrected chi connectivity index (χ4v) is 4.35. The van der Waals surface area contributed by atoms with Crippen LogP contribution in [0.5, 0.6) is 0 Å². The van der Waals surface area contributed by atoms with Gasteiger partial charge in [-0.2, -0.15) is 0 Å². The molecule has 0 radical (unpaired) electrons. The van der Waals surface area contributed by atoms with Crippen molar-refractivity contribution in [3.8, 4) is 0 Å². The summed E-state index contributed by atoms with van der Waals surface area (Å²) < 4.78 is 1.36. The smallest absolute Gasteiger partial charge is 0.261 e. The topological polar surface area (TPSA) is 79.8 Å². The highest BCUT2D eigenvalue weighted by Gasteiger charge is 2.19. The largest absolute Gasteiger partial charge is 0.361 e. The first kappa shape index (κ1) is 20.7. The van der Waals surface area contributed by atoms with Gasteiger partial charge in [-0.1, -0.05) is 60.7 Å². The monoisotopic (exact) mass is 436 g/mol. The molecule has 0 saturated carbocycles. The summed E-state index contributed by atoms with van der Waals surface area (Å²) in [4.78, 5) is 33.4. The molecule has 0 saturated heterocycles. The van der Waals surface area contributed by atoms with E-state index in [0.717, 1.165) is 27.6 Å². The summed E-state index contributed by atoms with van der Waals surface area (Å²) in [7, 11) is 0. The molecule has 0 spiro atoms. The third-order valence-electron chi connectivity index (χ3n) is 6.07. The van der Waals surface area contributed by atoms with E-state index in [1.54, 1.807) is 6.07 Å². The van der Waals surface area contributed by atoms with Crippen molar-refractivity contribution in [2.24, 2.45) is 0 Å². The van der Waals surface area contributed by atoms with Gasteiger partial charge in [0.1, 0.15) is 6.54 Å². The number of carbonyl (C=O) groups is 1. The molecule has 0 aliphatic rings. The Morgan fingerprint density at radius 2 is 1.76 bits per heavy atom. The van der Waals surface area contributed by atoms with Crippen LogP contribution in [0.25, 0.3) is 21.8 Å². The zero-order chi connectivity index (χ0) is 22.8. The normalized spacial score (nSPS) is 12.2. The Morgan fingerprint density at radius 3 is 2.61 bits per heavy atom. The number of nitrogens with zero attached hydrogens (tertiary/aromatic N) is 2. The molecule has 5 aromatic rings. The Kier molecular flexibility index (Phi) is 5.48. The van der Waals surface area contributed by atoms with Gasteiger partial charge in [-0.05, 0) is 35.7 Å². The average Bonchev–Trinajstić information content (AvgIpc) is 3.26. The van der Waals surface area contributed by atoms with E-state index in [1.165, 1.54) is 10.9 Å². The molecule has 0 aliphatic carbocycles. The van der Waals surface area contributed by atoms with E-state index in [2.05, 4.69) is 33.5 Å². The van der Waals surface area contributed by atoms with Crippen LogP contribution in [0.4, 0.5) is 0 Å². The molecule has 3 aromatic carbocycles. The second-order valence-corrected chi connectivity index (χ2v) is 8.21. The fourth-order valence-electron chi connectivity index (χ4n) is 4.35. The number of benzene rings is 3. The lowest BCUT2D eigenvalue weighted by molar-refractivity contribution is -0.121. The highest BCUT2D eigenvalue weighted by atomic mass is 16.2. The molecule has 0 unspecified atom stereocenters. The number of hydrogen-bond acceptors (Lipinski definition) is 3. The number of amides is 1. The van der Waals surface area contributed by atoms with Crippen molar-refractivity contribution in [2.45, 2.75) is 19.4 Å². The Labute approximate surface area is 190 Å². The Balaban J connectivity index is 1.39. The van der Waals surface area contributed by atoms with Crippen LogP contribution in [-0.4, -0.2) is 27.0 Å². The minimum absolute atomic E-state index is 0.0274. The van der Waals surface area contributed by atoms with Crippen molar-refractivity contribution in [3.05, 3.63) is 112 Å². The molecular formula is C27H24N4O2. The summed E-state index contributed by atoms with van der Waals surface area (Å²) >= 11 is 0. The predicted octanol–water partition coefficient (Wildman–Crippen LogP) is 4.13. The molecule has 0 aliphatic heterocycles. The zero-order valence-electron chi connectivity index (χ0n) is 18.3. The maximum atomic E-state index is 12.8. The lowest BCUT2D eigenvalue weighted by Crippen LogP contribution is -2.35. The molecule has 0 bridgehead atoms. The van der Waals surface area contributed by atoms with Crippen LogP contribution in [0.15, 0.2) is 90.1 Å². The predicted molar refractivity (Wildman–Crippen MR) is 130 cm³/mol. The minimum Gasteiger partial charge on any atom is -0.361 e. The standard InChI is InChI=1S/C27H24N4O2/c1-18-8-7-12-21-26(18)30-17-31(27(21)33)16-25(32)29-14-22(19-9-3-2-4-10-19)23-15-28-24-13-6-5-11-20(23)24/h2-13,15,17,22,28H,14,16H2,1H3,(H,29,32)/t22-/m0/s1. The van der Waals surface area contributed by atoms with Crippen LogP contribution in [-0.2, 0) is 11.3 Å². The Bertz CT molecular complexity index is 1500. The number of H-pyrrole nitrogens is 1. The number of carbonyl (C=O) groups excluding carboxylic acids is 1. The van der Waals surface area contributed by atoms with Crippen LogP contribution >= 0.6 is 0 Å². The van der Waals surface area contributed by atoms with E-state index >= 15 is 0 Å². The number of fused-ring (bicyclic) bond motifs is 2. The van der Waals surface area contributed by atoms with Gasteiger partial charge >= 0.3 is 0 Å². The highest BCUT2D eigenvalue weighted by Crippen LogP contribution is 2.30. The first-order valence-electron chi connectivity index (χ1n) is 10.9. The average molecular weight is 437 g/mol. The van der Waals surface area contributed by atoms with E-state index in [9.17, 15) is 9.59 Å². The van der Waals surface area contributed by atoms with E-state index < -0.39 is 0 Å². The fraction of sp³-hybridized carbons (Fsp3) is 0.148. The van der Waals surface area contributed by atoms with Gasteiger partial charge < -0.3 is 10.3 Å².